The minimum Gasteiger partial charge on any atom is -0.454 e. The summed E-state index contributed by atoms with van der Waals surface area (Å²) in [5, 5.41) is 0. The van der Waals surface area contributed by atoms with Crippen LogP contribution in [0.5, 0.6) is 11.5 Å². The fraction of sp³-hybridized carbons (Fsp3) is 0.400. The van der Waals surface area contributed by atoms with Crippen LogP contribution in [-0.4, -0.2) is 12.7 Å². The van der Waals surface area contributed by atoms with Crippen molar-refractivity contribution in [3.8, 4) is 11.5 Å². The van der Waals surface area contributed by atoms with Gasteiger partial charge >= 0.3 is 0 Å². The van der Waals surface area contributed by atoms with Crippen LogP contribution in [0, 0.1) is 0 Å². The SMILES string of the molecule is ClCCCc1cc2c(cc1Br)OCO2. The summed E-state index contributed by atoms with van der Waals surface area (Å²) in [7, 11) is 0. The minimum absolute atomic E-state index is 0.320. The zero-order valence-corrected chi connectivity index (χ0v) is 9.90. The monoisotopic (exact) mass is 276 g/mol. The molecule has 0 radical (unpaired) electrons. The predicted molar refractivity (Wildman–Crippen MR) is 59.3 cm³/mol. The first-order chi connectivity index (χ1) is 6.81. The van der Waals surface area contributed by atoms with Crippen molar-refractivity contribution in [1.29, 1.82) is 0 Å². The molecule has 1 heterocycles. The zero-order valence-electron chi connectivity index (χ0n) is 7.56. The van der Waals surface area contributed by atoms with Crippen LogP contribution in [0.25, 0.3) is 0 Å². The van der Waals surface area contributed by atoms with Gasteiger partial charge < -0.3 is 9.47 Å². The predicted octanol–water partition coefficient (Wildman–Crippen LogP) is 3.35. The van der Waals surface area contributed by atoms with E-state index < -0.39 is 0 Å². The lowest BCUT2D eigenvalue weighted by atomic mass is 10.1. The van der Waals surface area contributed by atoms with Crippen molar-refractivity contribution < 1.29 is 9.47 Å². The van der Waals surface area contributed by atoms with E-state index in [1.807, 2.05) is 12.1 Å². The van der Waals surface area contributed by atoms with E-state index in [0.29, 0.717) is 12.7 Å². The molecule has 0 saturated heterocycles. The lowest BCUT2D eigenvalue weighted by molar-refractivity contribution is 0.174. The van der Waals surface area contributed by atoms with Gasteiger partial charge in [-0.25, -0.2) is 0 Å². The number of aryl methyl sites for hydroxylation is 1. The largest absolute Gasteiger partial charge is 0.454 e. The van der Waals surface area contributed by atoms with Gasteiger partial charge in [-0.2, -0.15) is 0 Å². The molecular formula is C10H10BrClO2. The Labute approximate surface area is 96.3 Å². The smallest absolute Gasteiger partial charge is 0.231 e. The van der Waals surface area contributed by atoms with Crippen LogP contribution in [0.2, 0.25) is 0 Å². The van der Waals surface area contributed by atoms with Crippen LogP contribution in [0.3, 0.4) is 0 Å². The van der Waals surface area contributed by atoms with Gasteiger partial charge in [0, 0.05) is 10.4 Å². The van der Waals surface area contributed by atoms with Crippen LogP contribution in [0.1, 0.15) is 12.0 Å². The molecule has 0 saturated carbocycles. The average molecular weight is 278 g/mol. The first-order valence-corrected chi connectivity index (χ1v) is 5.78. The van der Waals surface area contributed by atoms with Gasteiger partial charge in [0.1, 0.15) is 0 Å². The number of alkyl halides is 1. The molecule has 0 aromatic heterocycles. The van der Waals surface area contributed by atoms with E-state index in [4.69, 9.17) is 21.1 Å². The van der Waals surface area contributed by atoms with Crippen molar-refractivity contribution in [2.75, 3.05) is 12.7 Å². The Morgan fingerprint density at radius 1 is 1.29 bits per heavy atom. The topological polar surface area (TPSA) is 18.5 Å². The Hall–Kier alpha value is -0.410. The molecule has 2 rings (SSSR count). The van der Waals surface area contributed by atoms with Crippen molar-refractivity contribution >= 4 is 27.5 Å². The van der Waals surface area contributed by atoms with Crippen molar-refractivity contribution in [3.63, 3.8) is 0 Å². The second-order valence-electron chi connectivity index (χ2n) is 3.09. The maximum Gasteiger partial charge on any atom is 0.231 e. The van der Waals surface area contributed by atoms with Crippen molar-refractivity contribution in [1.82, 2.24) is 0 Å². The second-order valence-corrected chi connectivity index (χ2v) is 4.32. The van der Waals surface area contributed by atoms with Crippen LogP contribution in [0.15, 0.2) is 16.6 Å². The molecule has 0 fully saturated rings. The number of rotatable bonds is 3. The molecule has 1 aromatic rings. The summed E-state index contributed by atoms with van der Waals surface area (Å²) >= 11 is 9.15. The number of halogens is 2. The van der Waals surface area contributed by atoms with Gasteiger partial charge in [0.25, 0.3) is 0 Å². The molecule has 1 aromatic carbocycles. The van der Waals surface area contributed by atoms with Gasteiger partial charge in [-0.1, -0.05) is 15.9 Å². The second kappa shape index (κ2) is 4.41. The van der Waals surface area contributed by atoms with Crippen LogP contribution < -0.4 is 9.47 Å². The summed E-state index contributed by atoms with van der Waals surface area (Å²) in [6.07, 6.45) is 1.93. The molecule has 4 heteroatoms. The van der Waals surface area contributed by atoms with Gasteiger partial charge in [0.2, 0.25) is 6.79 Å². The van der Waals surface area contributed by atoms with E-state index in [-0.39, 0.29) is 0 Å². The fourth-order valence-electron chi connectivity index (χ4n) is 1.41. The highest BCUT2D eigenvalue weighted by Gasteiger charge is 2.15. The maximum atomic E-state index is 5.65. The van der Waals surface area contributed by atoms with E-state index in [0.717, 1.165) is 28.8 Å². The molecule has 0 bridgehead atoms. The summed E-state index contributed by atoms with van der Waals surface area (Å²) in [4.78, 5) is 0. The van der Waals surface area contributed by atoms with Gasteiger partial charge in [0.05, 0.1) is 0 Å². The van der Waals surface area contributed by atoms with Gasteiger partial charge in [-0.05, 0) is 30.5 Å². The Balaban J connectivity index is 2.23. The Kier molecular flexibility index (Phi) is 3.19. The lowest BCUT2D eigenvalue weighted by Gasteiger charge is -2.04. The highest BCUT2D eigenvalue weighted by molar-refractivity contribution is 9.10. The summed E-state index contributed by atoms with van der Waals surface area (Å²) in [5.41, 5.74) is 1.22. The highest BCUT2D eigenvalue weighted by atomic mass is 79.9. The van der Waals surface area contributed by atoms with E-state index in [9.17, 15) is 0 Å². The third-order valence-electron chi connectivity index (χ3n) is 2.12. The van der Waals surface area contributed by atoms with E-state index in [1.165, 1.54) is 5.56 Å². The Morgan fingerprint density at radius 3 is 2.71 bits per heavy atom. The molecular weight excluding hydrogens is 267 g/mol. The fourth-order valence-corrected chi connectivity index (χ4v) is 2.06. The molecule has 0 spiro atoms. The number of hydrogen-bond acceptors (Lipinski definition) is 2. The van der Waals surface area contributed by atoms with Gasteiger partial charge in [0.15, 0.2) is 11.5 Å². The molecule has 2 nitrogen and oxygen atoms in total. The normalized spacial score (nSPS) is 13.3. The van der Waals surface area contributed by atoms with Crippen LogP contribution >= 0.6 is 27.5 Å². The standard InChI is InChI=1S/C10H10BrClO2/c11-8-5-10-9(13-6-14-10)4-7(8)2-1-3-12/h4-5H,1-3,6H2. The third kappa shape index (κ3) is 1.98. The van der Waals surface area contributed by atoms with Crippen molar-refractivity contribution in [2.45, 2.75) is 12.8 Å². The molecule has 0 unspecified atom stereocenters. The maximum absolute atomic E-state index is 5.65. The van der Waals surface area contributed by atoms with E-state index in [2.05, 4.69) is 15.9 Å². The number of ether oxygens (including phenoxy) is 2. The van der Waals surface area contributed by atoms with Crippen molar-refractivity contribution in [2.24, 2.45) is 0 Å². The van der Waals surface area contributed by atoms with Crippen LogP contribution in [0.4, 0.5) is 0 Å². The average Bonchev–Trinajstić information content (AvgIpc) is 2.61. The van der Waals surface area contributed by atoms with E-state index in [1.54, 1.807) is 0 Å². The highest BCUT2D eigenvalue weighted by Crippen LogP contribution is 2.37. The lowest BCUT2D eigenvalue weighted by Crippen LogP contribution is -1.93. The van der Waals surface area contributed by atoms with Gasteiger partial charge in [-0.15, -0.1) is 11.6 Å². The third-order valence-corrected chi connectivity index (χ3v) is 3.13. The van der Waals surface area contributed by atoms with Crippen molar-refractivity contribution in [3.05, 3.63) is 22.2 Å². The molecule has 0 aliphatic carbocycles. The molecule has 1 aliphatic rings. The number of fused-ring (bicyclic) bond motifs is 1. The summed E-state index contributed by atoms with van der Waals surface area (Å²) < 4.78 is 11.6. The number of benzene rings is 1. The first kappa shape index (κ1) is 10.1. The molecule has 1 aliphatic heterocycles. The molecule has 0 amide bonds. The van der Waals surface area contributed by atoms with E-state index >= 15 is 0 Å². The molecule has 0 atom stereocenters. The molecule has 0 N–H and O–H groups in total. The van der Waals surface area contributed by atoms with Crippen LogP contribution in [-0.2, 0) is 6.42 Å². The molecule has 76 valence electrons. The number of hydrogen-bond donors (Lipinski definition) is 0. The Bertz CT molecular complexity index is 341. The first-order valence-electron chi connectivity index (χ1n) is 4.45. The minimum atomic E-state index is 0.320. The zero-order chi connectivity index (χ0) is 9.97. The Morgan fingerprint density at radius 2 is 2.00 bits per heavy atom. The quantitative estimate of drug-likeness (QED) is 0.789. The summed E-state index contributed by atoms with van der Waals surface area (Å²) in [5.74, 6) is 2.32. The molecule has 14 heavy (non-hydrogen) atoms. The summed E-state index contributed by atoms with van der Waals surface area (Å²) in [6.45, 7) is 0.320. The summed E-state index contributed by atoms with van der Waals surface area (Å²) in [6, 6.07) is 3.96. The van der Waals surface area contributed by atoms with Gasteiger partial charge in [-0.3, -0.25) is 0 Å².